The normalized spacial score (nSPS) is 19.4. The second-order valence-corrected chi connectivity index (χ2v) is 6.84. The van der Waals surface area contributed by atoms with Crippen LogP contribution in [0.1, 0.15) is 12.5 Å². The number of hydrogen-bond donors (Lipinski definition) is 2. The molecule has 1 fully saturated rings. The molecule has 26 heavy (non-hydrogen) atoms. The van der Waals surface area contributed by atoms with Gasteiger partial charge in [-0.3, -0.25) is 14.5 Å². The van der Waals surface area contributed by atoms with Crippen LogP contribution in [0.5, 0.6) is 0 Å². The number of anilines is 1. The molecule has 4 amide bonds. The van der Waals surface area contributed by atoms with Crippen LogP contribution in [-0.2, 0) is 15.1 Å². The predicted octanol–water partition coefficient (Wildman–Crippen LogP) is 2.99. The fourth-order valence-corrected chi connectivity index (χ4v) is 3.45. The van der Waals surface area contributed by atoms with E-state index in [4.69, 9.17) is 0 Å². The summed E-state index contributed by atoms with van der Waals surface area (Å²) in [4.78, 5) is 38.1. The molecule has 1 atom stereocenters. The zero-order valence-corrected chi connectivity index (χ0v) is 15.3. The highest BCUT2D eigenvalue weighted by molar-refractivity contribution is 9.10. The molecule has 8 heteroatoms. The van der Waals surface area contributed by atoms with Crippen molar-refractivity contribution >= 4 is 39.5 Å². The summed E-state index contributed by atoms with van der Waals surface area (Å²) < 4.78 is 13.6. The Hall–Kier alpha value is -2.74. The summed E-state index contributed by atoms with van der Waals surface area (Å²) >= 11 is 3.38. The maximum absolute atomic E-state index is 12.9. The fourth-order valence-electron chi connectivity index (χ4n) is 2.77. The maximum atomic E-state index is 12.9. The van der Waals surface area contributed by atoms with Crippen LogP contribution in [0.2, 0.25) is 0 Å². The highest BCUT2D eigenvalue weighted by Crippen LogP contribution is 2.33. The Morgan fingerprint density at radius 1 is 1.19 bits per heavy atom. The van der Waals surface area contributed by atoms with Crippen molar-refractivity contribution in [3.8, 4) is 0 Å². The van der Waals surface area contributed by atoms with Gasteiger partial charge >= 0.3 is 6.03 Å². The molecule has 2 N–H and O–H groups in total. The first-order valence-electron chi connectivity index (χ1n) is 7.76. The van der Waals surface area contributed by atoms with Crippen LogP contribution in [0.4, 0.5) is 14.9 Å². The van der Waals surface area contributed by atoms with Crippen LogP contribution in [0.25, 0.3) is 0 Å². The largest absolute Gasteiger partial charge is 0.325 e. The summed E-state index contributed by atoms with van der Waals surface area (Å²) in [5.74, 6) is -1.51. The van der Waals surface area contributed by atoms with E-state index in [0.29, 0.717) is 15.7 Å². The van der Waals surface area contributed by atoms with Crippen LogP contribution >= 0.6 is 15.9 Å². The Morgan fingerprint density at radius 3 is 2.50 bits per heavy atom. The van der Waals surface area contributed by atoms with Crippen molar-refractivity contribution in [1.82, 2.24) is 10.2 Å². The number of carbonyl (C=O) groups excluding carboxylic acids is 3. The molecule has 1 saturated heterocycles. The molecule has 0 saturated carbocycles. The first kappa shape index (κ1) is 18.1. The molecule has 1 heterocycles. The lowest BCUT2D eigenvalue weighted by Crippen LogP contribution is -2.42. The summed E-state index contributed by atoms with van der Waals surface area (Å²) in [5, 5.41) is 5.17. The third-order valence-electron chi connectivity index (χ3n) is 4.12. The molecular formula is C18H15BrFN3O3. The summed E-state index contributed by atoms with van der Waals surface area (Å²) in [6, 6.07) is 11.6. The molecule has 2 aromatic rings. The summed E-state index contributed by atoms with van der Waals surface area (Å²) in [6.07, 6.45) is 0. The van der Waals surface area contributed by atoms with E-state index >= 15 is 0 Å². The molecular weight excluding hydrogens is 405 g/mol. The van der Waals surface area contributed by atoms with Crippen LogP contribution in [0.15, 0.2) is 53.0 Å². The van der Waals surface area contributed by atoms with Gasteiger partial charge in [-0.15, -0.1) is 0 Å². The third-order valence-corrected chi connectivity index (χ3v) is 4.81. The van der Waals surface area contributed by atoms with E-state index in [1.54, 1.807) is 31.2 Å². The van der Waals surface area contributed by atoms with Crippen molar-refractivity contribution in [2.75, 3.05) is 11.9 Å². The minimum Gasteiger partial charge on any atom is -0.325 e. The highest BCUT2D eigenvalue weighted by atomic mass is 79.9. The van der Waals surface area contributed by atoms with E-state index in [-0.39, 0.29) is 0 Å². The Morgan fingerprint density at radius 2 is 1.85 bits per heavy atom. The van der Waals surface area contributed by atoms with Gasteiger partial charge in [0.15, 0.2) is 0 Å². The van der Waals surface area contributed by atoms with Crippen LogP contribution in [0.3, 0.4) is 0 Å². The van der Waals surface area contributed by atoms with Crippen molar-refractivity contribution in [2.45, 2.75) is 12.5 Å². The minimum absolute atomic E-state index is 0.372. The fraction of sp³-hybridized carbons (Fsp3) is 0.167. The lowest BCUT2D eigenvalue weighted by molar-refractivity contribution is -0.133. The maximum Gasteiger partial charge on any atom is 0.325 e. The van der Waals surface area contributed by atoms with E-state index < -0.39 is 35.7 Å². The molecule has 0 bridgehead atoms. The Labute approximate surface area is 157 Å². The second kappa shape index (κ2) is 6.87. The van der Waals surface area contributed by atoms with Crippen LogP contribution in [0, 0.1) is 5.82 Å². The first-order chi connectivity index (χ1) is 12.3. The number of amides is 4. The molecule has 0 radical (unpaired) electrons. The van der Waals surface area contributed by atoms with Crippen LogP contribution < -0.4 is 10.6 Å². The molecule has 6 nitrogen and oxygen atoms in total. The van der Waals surface area contributed by atoms with Gasteiger partial charge in [-0.25, -0.2) is 9.18 Å². The van der Waals surface area contributed by atoms with E-state index in [9.17, 15) is 18.8 Å². The van der Waals surface area contributed by atoms with Crippen molar-refractivity contribution in [3.63, 3.8) is 0 Å². The van der Waals surface area contributed by atoms with Crippen molar-refractivity contribution in [1.29, 1.82) is 0 Å². The van der Waals surface area contributed by atoms with Gasteiger partial charge in [0.05, 0.1) is 0 Å². The van der Waals surface area contributed by atoms with Gasteiger partial charge in [0.1, 0.15) is 17.9 Å². The van der Waals surface area contributed by atoms with Gasteiger partial charge < -0.3 is 10.6 Å². The van der Waals surface area contributed by atoms with Crippen molar-refractivity contribution < 1.29 is 18.8 Å². The zero-order chi connectivity index (χ0) is 18.9. The number of halogens is 2. The lowest BCUT2D eigenvalue weighted by atomic mass is 9.92. The van der Waals surface area contributed by atoms with Gasteiger partial charge in [0.25, 0.3) is 5.91 Å². The smallest absolute Gasteiger partial charge is 0.325 e. The number of hydrogen-bond acceptors (Lipinski definition) is 3. The third kappa shape index (κ3) is 3.32. The van der Waals surface area contributed by atoms with Gasteiger partial charge in [0, 0.05) is 15.7 Å². The quantitative estimate of drug-likeness (QED) is 0.747. The molecule has 2 aromatic carbocycles. The average Bonchev–Trinajstić information content (AvgIpc) is 2.81. The SMILES string of the molecule is CC1(c2ccccc2Br)NC(=O)N(CC(=O)Nc2ccc(F)cc2)C1=O. The number of nitrogens with one attached hydrogen (secondary N) is 2. The zero-order valence-electron chi connectivity index (χ0n) is 13.8. The second-order valence-electron chi connectivity index (χ2n) is 5.98. The molecule has 3 rings (SSSR count). The molecule has 134 valence electrons. The van der Waals surface area contributed by atoms with Gasteiger partial charge in [-0.2, -0.15) is 0 Å². The monoisotopic (exact) mass is 419 g/mol. The van der Waals surface area contributed by atoms with Gasteiger partial charge in [0.2, 0.25) is 5.91 Å². The van der Waals surface area contributed by atoms with E-state index in [1.165, 1.54) is 24.3 Å². The van der Waals surface area contributed by atoms with E-state index in [0.717, 1.165) is 4.90 Å². The lowest BCUT2D eigenvalue weighted by Gasteiger charge is -2.23. The molecule has 0 aromatic heterocycles. The topological polar surface area (TPSA) is 78.5 Å². The van der Waals surface area contributed by atoms with Gasteiger partial charge in [-0.1, -0.05) is 34.1 Å². The van der Waals surface area contributed by atoms with Gasteiger partial charge in [-0.05, 0) is 37.3 Å². The predicted molar refractivity (Wildman–Crippen MR) is 96.8 cm³/mol. The summed E-state index contributed by atoms with van der Waals surface area (Å²) in [6.45, 7) is 1.15. The van der Waals surface area contributed by atoms with Crippen molar-refractivity contribution in [3.05, 3.63) is 64.4 Å². The number of rotatable bonds is 4. The average molecular weight is 420 g/mol. The molecule has 0 aliphatic carbocycles. The Kier molecular flexibility index (Phi) is 4.78. The van der Waals surface area contributed by atoms with Crippen molar-refractivity contribution in [2.24, 2.45) is 0 Å². The number of urea groups is 1. The van der Waals surface area contributed by atoms with Crippen LogP contribution in [-0.4, -0.2) is 29.3 Å². The standard InChI is InChI=1S/C18H15BrFN3O3/c1-18(13-4-2-3-5-14(13)19)16(25)23(17(26)22-18)10-15(24)21-12-8-6-11(20)7-9-12/h2-9H,10H2,1H3,(H,21,24)(H,22,26). The first-order valence-corrected chi connectivity index (χ1v) is 8.55. The number of carbonyl (C=O) groups is 3. The summed E-state index contributed by atoms with van der Waals surface area (Å²) in [7, 11) is 0. The van der Waals surface area contributed by atoms with E-state index in [1.807, 2.05) is 0 Å². The minimum atomic E-state index is -1.27. The molecule has 1 aliphatic rings. The Balaban J connectivity index is 1.76. The molecule has 0 spiro atoms. The highest BCUT2D eigenvalue weighted by Gasteiger charge is 2.50. The molecule has 1 unspecified atom stereocenters. The van der Waals surface area contributed by atoms with E-state index in [2.05, 4.69) is 26.6 Å². The molecule has 1 aliphatic heterocycles. The summed E-state index contributed by atoms with van der Waals surface area (Å²) in [5.41, 5.74) is -0.301. The number of nitrogens with zero attached hydrogens (tertiary/aromatic N) is 1. The number of benzene rings is 2. The Bertz CT molecular complexity index is 888. The number of imide groups is 1.